The van der Waals surface area contributed by atoms with Gasteiger partial charge in [-0.05, 0) is 42.0 Å². The van der Waals surface area contributed by atoms with E-state index in [0.717, 1.165) is 37.9 Å². The number of nitrogens with one attached hydrogen (secondary N) is 1. The molecule has 0 atom stereocenters. The van der Waals surface area contributed by atoms with Crippen molar-refractivity contribution in [1.82, 2.24) is 19.9 Å². The summed E-state index contributed by atoms with van der Waals surface area (Å²) in [5.41, 5.74) is 4.48. The molecule has 0 bridgehead atoms. The first kappa shape index (κ1) is 19.1. The van der Waals surface area contributed by atoms with Crippen LogP contribution in [0.25, 0.3) is 32.4 Å². The molecule has 8 heteroatoms. The van der Waals surface area contributed by atoms with Gasteiger partial charge in [-0.1, -0.05) is 29.5 Å². The molecule has 0 unspecified atom stereocenters. The Balaban J connectivity index is 1.36. The first-order chi connectivity index (χ1) is 15.1. The molecule has 0 aliphatic carbocycles. The van der Waals surface area contributed by atoms with Crippen molar-refractivity contribution in [3.8, 4) is 17.3 Å². The lowest BCUT2D eigenvalue weighted by atomic mass is 10.1. The van der Waals surface area contributed by atoms with E-state index >= 15 is 0 Å². The van der Waals surface area contributed by atoms with Gasteiger partial charge < -0.3 is 10.1 Å². The maximum Gasteiger partial charge on any atom is 0.317 e. The van der Waals surface area contributed by atoms with E-state index in [2.05, 4.69) is 31.3 Å². The molecule has 0 fully saturated rings. The first-order valence-corrected chi connectivity index (χ1v) is 10.4. The molecule has 5 aromatic rings. The summed E-state index contributed by atoms with van der Waals surface area (Å²) in [4.78, 5) is 28.8. The number of hydrogen-bond donors (Lipinski definition) is 1. The molecule has 2 aromatic carbocycles. The fourth-order valence-corrected chi connectivity index (χ4v) is 4.17. The summed E-state index contributed by atoms with van der Waals surface area (Å²) >= 11 is 1.42. The van der Waals surface area contributed by atoms with Crippen molar-refractivity contribution < 1.29 is 9.53 Å². The monoisotopic (exact) mass is 427 g/mol. The first-order valence-electron chi connectivity index (χ1n) is 9.62. The van der Waals surface area contributed by atoms with E-state index in [1.807, 2.05) is 48.5 Å². The predicted molar refractivity (Wildman–Crippen MR) is 121 cm³/mol. The fraction of sp³-hybridized carbons (Fsp3) is 0.0870. The van der Waals surface area contributed by atoms with Gasteiger partial charge in [0.1, 0.15) is 6.61 Å². The Morgan fingerprint density at radius 1 is 1.00 bits per heavy atom. The predicted octanol–water partition coefficient (Wildman–Crippen LogP) is 4.84. The molecule has 1 amide bonds. The average Bonchev–Trinajstić information content (AvgIpc) is 3.18. The molecule has 31 heavy (non-hydrogen) atoms. The molecule has 5 rings (SSSR count). The molecule has 7 nitrogen and oxygen atoms in total. The van der Waals surface area contributed by atoms with Crippen molar-refractivity contribution in [2.45, 2.75) is 13.5 Å². The van der Waals surface area contributed by atoms with Crippen molar-refractivity contribution in [2.75, 3.05) is 5.32 Å². The standard InChI is InChI=1S/C23H17N5O2S/c1-14(29)26-23-28-20-7-5-17(12-21(20)31-23)19-8-10-25-22(27-19)30-13-15-4-6-18-16(11-15)3-2-9-24-18/h2-12H,13H2,1H3,(H,26,28,29). The zero-order valence-corrected chi connectivity index (χ0v) is 17.4. The number of carbonyl (C=O) groups excluding carboxylic acids is 1. The lowest BCUT2D eigenvalue weighted by Gasteiger charge is -2.07. The highest BCUT2D eigenvalue weighted by Crippen LogP contribution is 2.30. The lowest BCUT2D eigenvalue weighted by molar-refractivity contribution is -0.114. The normalized spacial score (nSPS) is 11.0. The maximum atomic E-state index is 11.3. The van der Waals surface area contributed by atoms with Crippen molar-refractivity contribution >= 4 is 43.5 Å². The van der Waals surface area contributed by atoms with Crippen LogP contribution in [0, 0.1) is 0 Å². The fourth-order valence-electron chi connectivity index (χ4n) is 3.22. The van der Waals surface area contributed by atoms with Crippen LogP contribution in [0.4, 0.5) is 5.13 Å². The van der Waals surface area contributed by atoms with Crippen LogP contribution in [0.2, 0.25) is 0 Å². The summed E-state index contributed by atoms with van der Waals surface area (Å²) in [6.45, 7) is 1.83. The molecule has 3 heterocycles. The van der Waals surface area contributed by atoms with Crippen molar-refractivity contribution in [2.24, 2.45) is 0 Å². The van der Waals surface area contributed by atoms with Crippen LogP contribution >= 0.6 is 11.3 Å². The van der Waals surface area contributed by atoms with Gasteiger partial charge in [-0.25, -0.2) is 9.97 Å². The van der Waals surface area contributed by atoms with E-state index < -0.39 is 0 Å². The molecule has 0 spiro atoms. The number of ether oxygens (including phenoxy) is 1. The number of carbonyl (C=O) groups is 1. The number of thiazole rings is 1. The van der Waals surface area contributed by atoms with Crippen LogP contribution in [0.1, 0.15) is 12.5 Å². The lowest BCUT2D eigenvalue weighted by Crippen LogP contribution is -2.04. The highest BCUT2D eigenvalue weighted by Gasteiger charge is 2.09. The number of amides is 1. The Hall–Kier alpha value is -3.91. The molecule has 0 aliphatic rings. The van der Waals surface area contributed by atoms with Crippen molar-refractivity contribution in [3.05, 3.63) is 72.6 Å². The van der Waals surface area contributed by atoms with Crippen LogP contribution in [-0.2, 0) is 11.4 Å². The van der Waals surface area contributed by atoms with Gasteiger partial charge in [0.05, 0.1) is 21.4 Å². The van der Waals surface area contributed by atoms with E-state index in [0.29, 0.717) is 17.7 Å². The minimum absolute atomic E-state index is 0.139. The minimum atomic E-state index is -0.139. The third-order valence-corrected chi connectivity index (χ3v) is 5.57. The molecule has 3 aromatic heterocycles. The van der Waals surface area contributed by atoms with E-state index in [9.17, 15) is 4.79 Å². The second-order valence-electron chi connectivity index (χ2n) is 6.93. The maximum absolute atomic E-state index is 11.3. The van der Waals surface area contributed by atoms with Crippen molar-refractivity contribution in [3.63, 3.8) is 0 Å². The topological polar surface area (TPSA) is 89.9 Å². The van der Waals surface area contributed by atoms with Crippen LogP contribution in [-0.4, -0.2) is 25.8 Å². The average molecular weight is 427 g/mol. The largest absolute Gasteiger partial charge is 0.459 e. The Morgan fingerprint density at radius 3 is 2.81 bits per heavy atom. The number of pyridine rings is 1. The summed E-state index contributed by atoms with van der Waals surface area (Å²) < 4.78 is 6.80. The van der Waals surface area contributed by atoms with E-state index in [-0.39, 0.29) is 5.91 Å². The van der Waals surface area contributed by atoms with Crippen LogP contribution in [0.3, 0.4) is 0 Å². The summed E-state index contributed by atoms with van der Waals surface area (Å²) in [5.74, 6) is -0.139. The number of nitrogens with zero attached hydrogens (tertiary/aromatic N) is 4. The molecule has 0 saturated carbocycles. The molecular formula is C23H17N5O2S. The Bertz CT molecular complexity index is 1420. The Morgan fingerprint density at radius 2 is 1.90 bits per heavy atom. The van der Waals surface area contributed by atoms with Gasteiger partial charge in [0.2, 0.25) is 5.91 Å². The number of rotatable bonds is 5. The zero-order valence-electron chi connectivity index (χ0n) is 16.6. The van der Waals surface area contributed by atoms with E-state index in [4.69, 9.17) is 4.74 Å². The van der Waals surface area contributed by atoms with E-state index in [1.165, 1.54) is 18.3 Å². The van der Waals surface area contributed by atoms with Crippen LogP contribution in [0.15, 0.2) is 67.0 Å². The number of hydrogen-bond acceptors (Lipinski definition) is 7. The Kier molecular flexibility index (Phi) is 4.97. The number of aromatic nitrogens is 4. The number of anilines is 1. The highest BCUT2D eigenvalue weighted by molar-refractivity contribution is 7.22. The molecule has 0 aliphatic heterocycles. The van der Waals surface area contributed by atoms with Gasteiger partial charge in [-0.2, -0.15) is 4.98 Å². The van der Waals surface area contributed by atoms with E-state index in [1.54, 1.807) is 12.4 Å². The molecular weight excluding hydrogens is 410 g/mol. The van der Waals surface area contributed by atoms with Gasteiger partial charge in [0.25, 0.3) is 0 Å². The number of fused-ring (bicyclic) bond motifs is 2. The number of benzene rings is 2. The van der Waals surface area contributed by atoms with Gasteiger partial charge in [-0.15, -0.1) is 0 Å². The summed E-state index contributed by atoms with van der Waals surface area (Å²) in [7, 11) is 0. The van der Waals surface area contributed by atoms with Gasteiger partial charge in [0, 0.05) is 30.3 Å². The third kappa shape index (κ3) is 4.19. The molecule has 0 radical (unpaired) electrons. The smallest absolute Gasteiger partial charge is 0.317 e. The minimum Gasteiger partial charge on any atom is -0.459 e. The quantitative estimate of drug-likeness (QED) is 0.432. The van der Waals surface area contributed by atoms with Crippen molar-refractivity contribution in [1.29, 1.82) is 0 Å². The van der Waals surface area contributed by atoms with Gasteiger partial charge in [-0.3, -0.25) is 9.78 Å². The van der Waals surface area contributed by atoms with Gasteiger partial charge >= 0.3 is 6.01 Å². The SMILES string of the molecule is CC(=O)Nc1nc2ccc(-c3ccnc(OCc4ccc5ncccc5c4)n3)cc2s1. The van der Waals surface area contributed by atoms with Crippen LogP contribution < -0.4 is 10.1 Å². The van der Waals surface area contributed by atoms with Gasteiger partial charge in [0.15, 0.2) is 5.13 Å². The second kappa shape index (κ2) is 8.08. The highest BCUT2D eigenvalue weighted by atomic mass is 32.1. The summed E-state index contributed by atoms with van der Waals surface area (Å²) in [6, 6.07) is 18.0. The summed E-state index contributed by atoms with van der Waals surface area (Å²) in [5, 5.41) is 4.37. The zero-order chi connectivity index (χ0) is 21.2. The third-order valence-electron chi connectivity index (χ3n) is 4.64. The molecule has 1 N–H and O–H groups in total. The Labute approximate surface area is 181 Å². The van der Waals surface area contributed by atoms with Crippen LogP contribution in [0.5, 0.6) is 6.01 Å². The molecule has 152 valence electrons. The summed E-state index contributed by atoms with van der Waals surface area (Å²) in [6.07, 6.45) is 3.46. The molecule has 0 saturated heterocycles. The second-order valence-corrected chi connectivity index (χ2v) is 7.96.